The van der Waals surface area contributed by atoms with Gasteiger partial charge in [-0.25, -0.2) is 4.39 Å². The number of hydrogen-bond acceptors (Lipinski definition) is 2. The van der Waals surface area contributed by atoms with E-state index in [9.17, 15) is 4.39 Å². The van der Waals surface area contributed by atoms with Crippen LogP contribution in [0.25, 0.3) is 0 Å². The predicted octanol–water partition coefficient (Wildman–Crippen LogP) is 3.70. The van der Waals surface area contributed by atoms with E-state index in [1.165, 1.54) is 6.07 Å². The van der Waals surface area contributed by atoms with Gasteiger partial charge in [0, 0.05) is 16.3 Å². The Kier molecular flexibility index (Phi) is 4.18. The number of hydrogen-bond donors (Lipinski definition) is 1. The molecule has 88 valence electrons. The molecule has 0 aliphatic heterocycles. The molecule has 0 aliphatic rings. The van der Waals surface area contributed by atoms with Crippen LogP contribution in [0.15, 0.2) is 58.3 Å². The van der Waals surface area contributed by atoms with Crippen molar-refractivity contribution in [2.45, 2.75) is 16.3 Å². The maximum Gasteiger partial charge on any atom is 0.123 e. The molecule has 0 heterocycles. The minimum atomic E-state index is -0.187. The van der Waals surface area contributed by atoms with Crippen molar-refractivity contribution < 1.29 is 4.39 Å². The fraction of sp³-hybridized carbons (Fsp3) is 0.143. The Morgan fingerprint density at radius 1 is 1.12 bits per heavy atom. The van der Waals surface area contributed by atoms with Gasteiger partial charge in [-0.1, -0.05) is 30.0 Å². The predicted molar refractivity (Wildman–Crippen MR) is 69.7 cm³/mol. The molecule has 0 aliphatic carbocycles. The highest BCUT2D eigenvalue weighted by Crippen LogP contribution is 2.30. The lowest BCUT2D eigenvalue weighted by molar-refractivity contribution is 0.621. The summed E-state index contributed by atoms with van der Waals surface area (Å²) in [5.74, 6) is -0.187. The summed E-state index contributed by atoms with van der Waals surface area (Å²) in [4.78, 5) is 2.25. The minimum Gasteiger partial charge on any atom is -0.316 e. The molecule has 0 atom stereocenters. The molecule has 0 unspecified atom stereocenters. The molecule has 0 spiro atoms. The van der Waals surface area contributed by atoms with E-state index in [4.69, 9.17) is 0 Å². The average Bonchev–Trinajstić information content (AvgIpc) is 2.34. The third-order valence-corrected chi connectivity index (χ3v) is 3.49. The molecule has 0 bridgehead atoms. The smallest absolute Gasteiger partial charge is 0.123 e. The number of benzene rings is 2. The van der Waals surface area contributed by atoms with Crippen molar-refractivity contribution in [3.63, 3.8) is 0 Å². The Bertz CT molecular complexity index is 485. The molecule has 2 aromatic carbocycles. The van der Waals surface area contributed by atoms with Gasteiger partial charge in [0.2, 0.25) is 0 Å². The van der Waals surface area contributed by atoms with E-state index in [-0.39, 0.29) is 5.82 Å². The highest BCUT2D eigenvalue weighted by molar-refractivity contribution is 7.99. The van der Waals surface area contributed by atoms with Crippen LogP contribution in [0.4, 0.5) is 4.39 Å². The number of halogens is 1. The van der Waals surface area contributed by atoms with E-state index in [0.717, 1.165) is 15.4 Å². The zero-order chi connectivity index (χ0) is 12.1. The molecule has 1 N–H and O–H groups in total. The molecule has 17 heavy (non-hydrogen) atoms. The first-order valence-corrected chi connectivity index (χ1v) is 6.27. The molecular formula is C14H14FNS. The van der Waals surface area contributed by atoms with Crippen molar-refractivity contribution in [3.05, 3.63) is 59.9 Å². The Labute approximate surface area is 105 Å². The van der Waals surface area contributed by atoms with Gasteiger partial charge in [-0.15, -0.1) is 0 Å². The molecule has 0 fully saturated rings. The van der Waals surface area contributed by atoms with Crippen molar-refractivity contribution in [2.75, 3.05) is 7.05 Å². The Morgan fingerprint density at radius 3 is 2.59 bits per heavy atom. The van der Waals surface area contributed by atoms with E-state index < -0.39 is 0 Å². The standard InChI is InChI=1S/C14H14FNS/c1-16-10-11-9-12(15)7-8-14(11)17-13-5-3-2-4-6-13/h2-9,16H,10H2,1H3. The fourth-order valence-electron chi connectivity index (χ4n) is 1.59. The van der Waals surface area contributed by atoms with Gasteiger partial charge in [-0.05, 0) is 42.9 Å². The largest absolute Gasteiger partial charge is 0.316 e. The summed E-state index contributed by atoms with van der Waals surface area (Å²) in [7, 11) is 1.86. The van der Waals surface area contributed by atoms with Crippen LogP contribution < -0.4 is 5.32 Å². The average molecular weight is 247 g/mol. The maximum absolute atomic E-state index is 13.2. The van der Waals surface area contributed by atoms with Gasteiger partial charge in [0.15, 0.2) is 0 Å². The van der Waals surface area contributed by atoms with Gasteiger partial charge in [-0.3, -0.25) is 0 Å². The summed E-state index contributed by atoms with van der Waals surface area (Å²) in [6.45, 7) is 0.674. The SMILES string of the molecule is CNCc1cc(F)ccc1Sc1ccccc1. The van der Waals surface area contributed by atoms with Crippen LogP contribution in [0.1, 0.15) is 5.56 Å². The first-order chi connectivity index (χ1) is 8.29. The second kappa shape index (κ2) is 5.84. The van der Waals surface area contributed by atoms with Gasteiger partial charge in [0.25, 0.3) is 0 Å². The molecule has 0 aromatic heterocycles. The molecule has 1 nitrogen and oxygen atoms in total. The summed E-state index contributed by atoms with van der Waals surface area (Å²) in [5, 5.41) is 3.06. The van der Waals surface area contributed by atoms with Crippen LogP contribution in [0, 0.1) is 5.82 Å². The maximum atomic E-state index is 13.2. The van der Waals surface area contributed by atoms with Gasteiger partial charge in [0.1, 0.15) is 5.82 Å². The molecule has 2 rings (SSSR count). The zero-order valence-electron chi connectivity index (χ0n) is 9.61. The first-order valence-electron chi connectivity index (χ1n) is 5.45. The molecule has 0 amide bonds. The third-order valence-electron chi connectivity index (χ3n) is 2.36. The number of rotatable bonds is 4. The van der Waals surface area contributed by atoms with Crippen molar-refractivity contribution in [2.24, 2.45) is 0 Å². The van der Waals surface area contributed by atoms with Crippen LogP contribution >= 0.6 is 11.8 Å². The second-order valence-electron chi connectivity index (χ2n) is 3.70. The van der Waals surface area contributed by atoms with Crippen molar-refractivity contribution >= 4 is 11.8 Å². The lowest BCUT2D eigenvalue weighted by Gasteiger charge is -2.08. The lowest BCUT2D eigenvalue weighted by Crippen LogP contribution is -2.06. The molecule has 2 aromatic rings. The summed E-state index contributed by atoms with van der Waals surface area (Å²) in [5.41, 5.74) is 0.987. The highest BCUT2D eigenvalue weighted by atomic mass is 32.2. The topological polar surface area (TPSA) is 12.0 Å². The van der Waals surface area contributed by atoms with Crippen LogP contribution in [0.2, 0.25) is 0 Å². The molecule has 0 saturated carbocycles. The van der Waals surface area contributed by atoms with Crippen LogP contribution in [-0.2, 0) is 6.54 Å². The van der Waals surface area contributed by atoms with Crippen LogP contribution in [0.5, 0.6) is 0 Å². The van der Waals surface area contributed by atoms with Crippen molar-refractivity contribution in [1.29, 1.82) is 0 Å². The molecule has 0 saturated heterocycles. The molecule has 3 heteroatoms. The van der Waals surface area contributed by atoms with E-state index in [1.54, 1.807) is 17.8 Å². The van der Waals surface area contributed by atoms with Gasteiger partial charge in [0.05, 0.1) is 0 Å². The van der Waals surface area contributed by atoms with Crippen LogP contribution in [0.3, 0.4) is 0 Å². The fourth-order valence-corrected chi connectivity index (χ4v) is 2.54. The Morgan fingerprint density at radius 2 is 1.88 bits per heavy atom. The van der Waals surface area contributed by atoms with E-state index in [2.05, 4.69) is 17.4 Å². The van der Waals surface area contributed by atoms with Gasteiger partial charge in [-0.2, -0.15) is 0 Å². The third kappa shape index (κ3) is 3.32. The summed E-state index contributed by atoms with van der Waals surface area (Å²) >= 11 is 1.66. The highest BCUT2D eigenvalue weighted by Gasteiger charge is 2.05. The first kappa shape index (κ1) is 12.1. The molecule has 0 radical (unpaired) electrons. The lowest BCUT2D eigenvalue weighted by atomic mass is 10.2. The van der Waals surface area contributed by atoms with Crippen molar-refractivity contribution in [3.8, 4) is 0 Å². The zero-order valence-corrected chi connectivity index (χ0v) is 10.4. The monoisotopic (exact) mass is 247 g/mol. The Balaban J connectivity index is 2.26. The quantitative estimate of drug-likeness (QED) is 0.884. The second-order valence-corrected chi connectivity index (χ2v) is 4.81. The summed E-state index contributed by atoms with van der Waals surface area (Å²) in [6, 6.07) is 15.0. The van der Waals surface area contributed by atoms with Crippen molar-refractivity contribution in [1.82, 2.24) is 5.32 Å². The van der Waals surface area contributed by atoms with E-state index >= 15 is 0 Å². The van der Waals surface area contributed by atoms with Crippen LogP contribution in [-0.4, -0.2) is 7.05 Å². The summed E-state index contributed by atoms with van der Waals surface area (Å²) in [6.07, 6.45) is 0. The van der Waals surface area contributed by atoms with E-state index in [1.807, 2.05) is 31.3 Å². The summed E-state index contributed by atoms with van der Waals surface area (Å²) < 4.78 is 13.2. The molecular weight excluding hydrogens is 233 g/mol. The van der Waals surface area contributed by atoms with E-state index in [0.29, 0.717) is 6.54 Å². The normalized spacial score (nSPS) is 10.5. The van der Waals surface area contributed by atoms with Gasteiger partial charge >= 0.3 is 0 Å². The van der Waals surface area contributed by atoms with Gasteiger partial charge < -0.3 is 5.32 Å². The Hall–Kier alpha value is -1.32. The minimum absolute atomic E-state index is 0.187. The number of nitrogens with one attached hydrogen (secondary N) is 1.